The number of para-hydroxylation sites is 1. The van der Waals surface area contributed by atoms with Crippen LogP contribution in [-0.2, 0) is 0 Å². The van der Waals surface area contributed by atoms with Crippen molar-refractivity contribution in [3.8, 4) is 0 Å². The Bertz CT molecular complexity index is 952. The summed E-state index contributed by atoms with van der Waals surface area (Å²) in [6, 6.07) is 10.4. The number of piperidine rings is 1. The topological polar surface area (TPSA) is 61.0 Å². The zero-order chi connectivity index (χ0) is 18.1. The zero-order valence-corrected chi connectivity index (χ0v) is 14.6. The number of nitrogens with one attached hydrogen (secondary N) is 2. The van der Waals surface area contributed by atoms with E-state index < -0.39 is 5.82 Å². The normalized spacial score (nSPS) is 18.2. The predicted octanol–water partition coefficient (Wildman–Crippen LogP) is 3.76. The second kappa shape index (κ2) is 6.88. The van der Waals surface area contributed by atoms with Gasteiger partial charge < -0.3 is 15.2 Å². The van der Waals surface area contributed by atoms with Crippen LogP contribution in [0.3, 0.4) is 0 Å². The average Bonchev–Trinajstić information content (AvgIpc) is 3.12. The first kappa shape index (κ1) is 16.7. The van der Waals surface area contributed by atoms with Crippen LogP contribution < -0.4 is 5.32 Å². The number of carbonyl (C=O) groups is 1. The fourth-order valence-corrected chi connectivity index (χ4v) is 3.66. The van der Waals surface area contributed by atoms with E-state index in [9.17, 15) is 9.18 Å². The van der Waals surface area contributed by atoms with Crippen LogP contribution in [-0.4, -0.2) is 40.9 Å². The van der Waals surface area contributed by atoms with Crippen molar-refractivity contribution in [3.05, 3.63) is 59.7 Å². The van der Waals surface area contributed by atoms with Crippen molar-refractivity contribution in [1.82, 2.24) is 14.9 Å². The molecule has 1 aliphatic heterocycles. The highest BCUT2D eigenvalue weighted by Crippen LogP contribution is 2.29. The fourth-order valence-electron chi connectivity index (χ4n) is 3.66. The molecular weight excluding hydrogens is 331 g/mol. The lowest BCUT2D eigenvalue weighted by molar-refractivity contribution is 0.102. The van der Waals surface area contributed by atoms with Gasteiger partial charge in [0, 0.05) is 6.54 Å². The van der Waals surface area contributed by atoms with Gasteiger partial charge in [0.25, 0.3) is 5.91 Å². The molecule has 0 spiro atoms. The number of likely N-dealkylation sites (tertiary alicyclic amines) is 1. The van der Waals surface area contributed by atoms with Crippen LogP contribution in [0, 0.1) is 5.82 Å². The minimum absolute atomic E-state index is 0.190. The van der Waals surface area contributed by atoms with Crippen LogP contribution in [0.1, 0.15) is 34.7 Å². The van der Waals surface area contributed by atoms with Gasteiger partial charge in [0.05, 0.1) is 23.1 Å². The summed E-state index contributed by atoms with van der Waals surface area (Å²) in [7, 11) is 2.09. The molecule has 6 heteroatoms. The third-order valence-corrected chi connectivity index (χ3v) is 5.03. The summed E-state index contributed by atoms with van der Waals surface area (Å²) < 4.78 is 14.6. The number of amides is 1. The van der Waals surface area contributed by atoms with Crippen LogP contribution in [0.25, 0.3) is 11.0 Å². The largest absolute Gasteiger partial charge is 0.345 e. The van der Waals surface area contributed by atoms with Crippen LogP contribution in [0.2, 0.25) is 0 Å². The van der Waals surface area contributed by atoms with Gasteiger partial charge in [-0.2, -0.15) is 0 Å². The van der Waals surface area contributed by atoms with E-state index in [-0.39, 0.29) is 11.6 Å². The molecule has 1 unspecified atom stereocenters. The van der Waals surface area contributed by atoms with E-state index in [1.807, 2.05) is 12.1 Å². The Morgan fingerprint density at radius 3 is 3.04 bits per heavy atom. The van der Waals surface area contributed by atoms with Gasteiger partial charge in [-0.3, -0.25) is 4.79 Å². The van der Waals surface area contributed by atoms with Gasteiger partial charge in [-0.1, -0.05) is 12.1 Å². The Hall–Kier alpha value is -2.73. The monoisotopic (exact) mass is 352 g/mol. The molecule has 1 aromatic heterocycles. The minimum Gasteiger partial charge on any atom is -0.345 e. The molecule has 134 valence electrons. The Kier molecular flexibility index (Phi) is 4.42. The fraction of sp³-hybridized carbons (Fsp3) is 0.300. The molecular formula is C20H21FN4O. The molecule has 26 heavy (non-hydrogen) atoms. The summed E-state index contributed by atoms with van der Waals surface area (Å²) >= 11 is 0. The molecule has 3 aromatic rings. The second-order valence-corrected chi connectivity index (χ2v) is 6.90. The Balaban J connectivity index is 1.55. The summed E-state index contributed by atoms with van der Waals surface area (Å²) in [6.45, 7) is 2.03. The van der Waals surface area contributed by atoms with E-state index in [1.54, 1.807) is 24.3 Å². The van der Waals surface area contributed by atoms with Gasteiger partial charge in [0.1, 0.15) is 11.3 Å². The molecule has 5 nitrogen and oxygen atoms in total. The number of aromatic amines is 1. The number of nitrogens with zero attached hydrogens (tertiary/aromatic N) is 2. The van der Waals surface area contributed by atoms with E-state index in [0.29, 0.717) is 17.0 Å². The molecule has 1 amide bonds. The molecule has 4 rings (SSSR count). The third kappa shape index (κ3) is 3.20. The third-order valence-electron chi connectivity index (χ3n) is 5.03. The Morgan fingerprint density at radius 2 is 2.23 bits per heavy atom. The van der Waals surface area contributed by atoms with Gasteiger partial charge in [0.15, 0.2) is 0 Å². The minimum atomic E-state index is -0.404. The number of hydrogen-bond acceptors (Lipinski definition) is 3. The number of halogens is 1. The van der Waals surface area contributed by atoms with Gasteiger partial charge in [0.2, 0.25) is 0 Å². The van der Waals surface area contributed by atoms with Crippen molar-refractivity contribution < 1.29 is 9.18 Å². The second-order valence-electron chi connectivity index (χ2n) is 6.90. The highest BCUT2D eigenvalue weighted by Gasteiger charge is 2.20. The molecule has 2 N–H and O–H groups in total. The summed E-state index contributed by atoms with van der Waals surface area (Å²) in [5, 5.41) is 2.67. The number of H-pyrrole nitrogens is 1. The Labute approximate surface area is 151 Å². The average molecular weight is 352 g/mol. The van der Waals surface area contributed by atoms with Crippen LogP contribution >= 0.6 is 0 Å². The summed E-state index contributed by atoms with van der Waals surface area (Å²) in [5.74, 6) is -0.434. The highest BCUT2D eigenvalue weighted by atomic mass is 19.1. The molecule has 2 heterocycles. The van der Waals surface area contributed by atoms with Gasteiger partial charge in [-0.05, 0) is 62.2 Å². The van der Waals surface area contributed by atoms with Crippen LogP contribution in [0.5, 0.6) is 0 Å². The molecule has 1 atom stereocenters. The maximum Gasteiger partial charge on any atom is 0.258 e. The van der Waals surface area contributed by atoms with Crippen molar-refractivity contribution in [2.45, 2.75) is 18.8 Å². The van der Waals surface area contributed by atoms with Crippen molar-refractivity contribution in [2.75, 3.05) is 25.5 Å². The first-order valence-electron chi connectivity index (χ1n) is 8.83. The number of anilines is 1. The van der Waals surface area contributed by atoms with Gasteiger partial charge >= 0.3 is 0 Å². The maximum absolute atomic E-state index is 14.6. The molecule has 1 aliphatic rings. The summed E-state index contributed by atoms with van der Waals surface area (Å²) in [4.78, 5) is 22.0. The number of benzene rings is 2. The smallest absolute Gasteiger partial charge is 0.258 e. The van der Waals surface area contributed by atoms with Crippen molar-refractivity contribution in [1.29, 1.82) is 0 Å². The Morgan fingerprint density at radius 1 is 1.35 bits per heavy atom. The molecule has 1 fully saturated rings. The van der Waals surface area contributed by atoms with Crippen molar-refractivity contribution >= 4 is 22.6 Å². The standard InChI is InChI=1S/C20H21FN4O/c1-25-9-3-4-14(11-25)13-7-8-17(16(21)10-13)24-20(26)15-5-2-6-18-19(15)23-12-22-18/h2,5-8,10,12,14H,3-4,9,11H2,1H3,(H,22,23)(H,24,26). The molecule has 0 bridgehead atoms. The quantitative estimate of drug-likeness (QED) is 0.754. The lowest BCUT2D eigenvalue weighted by atomic mass is 9.90. The summed E-state index contributed by atoms with van der Waals surface area (Å²) in [5.41, 5.74) is 2.94. The van der Waals surface area contributed by atoms with Crippen molar-refractivity contribution in [2.24, 2.45) is 0 Å². The molecule has 0 saturated carbocycles. The lowest BCUT2D eigenvalue weighted by Crippen LogP contribution is -2.30. The number of carbonyl (C=O) groups excluding carboxylic acids is 1. The molecule has 0 radical (unpaired) electrons. The van der Waals surface area contributed by atoms with Crippen LogP contribution in [0.4, 0.5) is 10.1 Å². The number of likely N-dealkylation sites (N-methyl/N-ethyl adjacent to an activating group) is 1. The summed E-state index contributed by atoms with van der Waals surface area (Å²) in [6.07, 6.45) is 3.73. The van der Waals surface area contributed by atoms with E-state index >= 15 is 0 Å². The number of aromatic nitrogens is 2. The lowest BCUT2D eigenvalue weighted by Gasteiger charge is -2.30. The maximum atomic E-state index is 14.6. The molecule has 0 aliphatic carbocycles. The molecule has 1 saturated heterocycles. The van der Waals surface area contributed by atoms with E-state index in [1.165, 1.54) is 6.33 Å². The zero-order valence-electron chi connectivity index (χ0n) is 14.6. The number of hydrogen-bond donors (Lipinski definition) is 2. The van der Waals surface area contributed by atoms with Crippen molar-refractivity contribution in [3.63, 3.8) is 0 Å². The van der Waals surface area contributed by atoms with Crippen LogP contribution in [0.15, 0.2) is 42.7 Å². The van der Waals surface area contributed by atoms with E-state index in [2.05, 4.69) is 27.2 Å². The first-order chi connectivity index (χ1) is 12.6. The number of imidazole rings is 1. The highest BCUT2D eigenvalue weighted by molar-refractivity contribution is 6.11. The number of rotatable bonds is 3. The van der Waals surface area contributed by atoms with E-state index in [0.717, 1.165) is 37.0 Å². The van der Waals surface area contributed by atoms with Gasteiger partial charge in [-0.15, -0.1) is 0 Å². The number of fused-ring (bicyclic) bond motifs is 1. The van der Waals surface area contributed by atoms with E-state index in [4.69, 9.17) is 0 Å². The predicted molar refractivity (Wildman–Crippen MR) is 99.9 cm³/mol. The molecule has 2 aromatic carbocycles. The van der Waals surface area contributed by atoms with Gasteiger partial charge in [-0.25, -0.2) is 9.37 Å². The first-order valence-corrected chi connectivity index (χ1v) is 8.83. The SMILES string of the molecule is CN1CCCC(c2ccc(NC(=O)c3cccc4[nH]cnc34)c(F)c2)C1.